The van der Waals surface area contributed by atoms with Crippen molar-refractivity contribution in [2.45, 2.75) is 25.6 Å². The fourth-order valence-electron chi connectivity index (χ4n) is 1.17. The lowest BCUT2D eigenvalue weighted by Gasteiger charge is -2.11. The van der Waals surface area contributed by atoms with Crippen LogP contribution < -0.4 is 0 Å². The molecule has 0 saturated heterocycles. The summed E-state index contributed by atoms with van der Waals surface area (Å²) in [6, 6.07) is 3.98. The van der Waals surface area contributed by atoms with E-state index in [0.29, 0.717) is 11.8 Å². The number of alkyl halides is 1. The average molecular weight is 282 g/mol. The predicted octanol–water partition coefficient (Wildman–Crippen LogP) is 4.96. The second-order valence-corrected chi connectivity index (χ2v) is 4.74. The van der Waals surface area contributed by atoms with Gasteiger partial charge in [-0.05, 0) is 39.0 Å². The highest BCUT2D eigenvalue weighted by Crippen LogP contribution is 2.32. The Labute approximate surface area is 97.4 Å². The Bertz CT molecular complexity index is 308. The molecule has 0 heterocycles. The summed E-state index contributed by atoms with van der Waals surface area (Å²) in [5, 5.41) is 0.738. The van der Waals surface area contributed by atoms with Crippen LogP contribution in [0.3, 0.4) is 0 Å². The van der Waals surface area contributed by atoms with E-state index in [-0.39, 0.29) is 0 Å². The van der Waals surface area contributed by atoms with E-state index in [1.54, 1.807) is 0 Å². The van der Waals surface area contributed by atoms with Gasteiger partial charge in [-0.3, -0.25) is 0 Å². The van der Waals surface area contributed by atoms with Crippen LogP contribution in [-0.2, 0) is 5.88 Å². The number of rotatable bonds is 2. The van der Waals surface area contributed by atoms with Crippen molar-refractivity contribution in [2.24, 2.45) is 0 Å². The van der Waals surface area contributed by atoms with Gasteiger partial charge >= 0.3 is 0 Å². The van der Waals surface area contributed by atoms with E-state index in [1.807, 2.05) is 6.07 Å². The molecule has 0 saturated carbocycles. The SMILES string of the molecule is CC(C)c1cc(CCl)cc(Cl)c1Br. The van der Waals surface area contributed by atoms with Crippen molar-refractivity contribution in [1.82, 2.24) is 0 Å². The summed E-state index contributed by atoms with van der Waals surface area (Å²) in [5.41, 5.74) is 2.28. The first kappa shape index (κ1) is 11.4. The molecule has 0 N–H and O–H groups in total. The summed E-state index contributed by atoms with van der Waals surface area (Å²) >= 11 is 15.3. The third-order valence-corrected chi connectivity index (χ3v) is 3.61. The van der Waals surface area contributed by atoms with E-state index in [4.69, 9.17) is 23.2 Å². The maximum Gasteiger partial charge on any atom is 0.0554 e. The Morgan fingerprint density at radius 2 is 2.00 bits per heavy atom. The summed E-state index contributed by atoms with van der Waals surface area (Å²) in [6.07, 6.45) is 0. The molecule has 0 atom stereocenters. The summed E-state index contributed by atoms with van der Waals surface area (Å²) in [6.45, 7) is 4.27. The van der Waals surface area contributed by atoms with Gasteiger partial charge in [0.05, 0.1) is 5.02 Å². The first-order chi connectivity index (χ1) is 6.06. The molecule has 0 bridgehead atoms. The highest BCUT2D eigenvalue weighted by atomic mass is 79.9. The molecule has 0 spiro atoms. The third kappa shape index (κ3) is 2.61. The molecule has 0 radical (unpaired) electrons. The fraction of sp³-hybridized carbons (Fsp3) is 0.400. The molecule has 72 valence electrons. The van der Waals surface area contributed by atoms with E-state index in [2.05, 4.69) is 35.8 Å². The zero-order valence-corrected chi connectivity index (χ0v) is 10.7. The van der Waals surface area contributed by atoms with Crippen LogP contribution in [0.1, 0.15) is 30.9 Å². The molecule has 0 aliphatic rings. The zero-order valence-electron chi connectivity index (χ0n) is 7.57. The molecule has 0 unspecified atom stereocenters. The first-order valence-corrected chi connectivity index (χ1v) is 5.80. The number of benzene rings is 1. The second-order valence-electron chi connectivity index (χ2n) is 3.27. The molecule has 0 aliphatic heterocycles. The Balaban J connectivity index is 3.25. The Kier molecular flexibility index (Phi) is 4.08. The molecule has 0 fully saturated rings. The normalized spacial score (nSPS) is 10.9. The van der Waals surface area contributed by atoms with Crippen molar-refractivity contribution in [3.05, 3.63) is 32.8 Å². The monoisotopic (exact) mass is 280 g/mol. The highest BCUT2D eigenvalue weighted by molar-refractivity contribution is 9.10. The Morgan fingerprint density at radius 3 is 2.46 bits per heavy atom. The summed E-state index contributed by atoms with van der Waals surface area (Å²) < 4.78 is 0.984. The van der Waals surface area contributed by atoms with Crippen LogP contribution in [0.2, 0.25) is 5.02 Å². The van der Waals surface area contributed by atoms with Gasteiger partial charge in [-0.1, -0.05) is 31.5 Å². The minimum absolute atomic E-state index is 0.454. The lowest BCUT2D eigenvalue weighted by molar-refractivity contribution is 0.858. The van der Waals surface area contributed by atoms with E-state index in [1.165, 1.54) is 5.56 Å². The topological polar surface area (TPSA) is 0 Å². The highest BCUT2D eigenvalue weighted by Gasteiger charge is 2.09. The molecule has 13 heavy (non-hydrogen) atoms. The largest absolute Gasteiger partial charge is 0.122 e. The molecule has 0 amide bonds. The number of hydrogen-bond acceptors (Lipinski definition) is 0. The average Bonchev–Trinajstić information content (AvgIpc) is 2.09. The van der Waals surface area contributed by atoms with E-state index >= 15 is 0 Å². The lowest BCUT2D eigenvalue weighted by atomic mass is 10.0. The molecular weight excluding hydrogens is 271 g/mol. The van der Waals surface area contributed by atoms with Crippen molar-refractivity contribution in [2.75, 3.05) is 0 Å². The minimum atomic E-state index is 0.454. The maximum absolute atomic E-state index is 6.04. The van der Waals surface area contributed by atoms with Gasteiger partial charge in [-0.2, -0.15) is 0 Å². The maximum atomic E-state index is 6.04. The molecular formula is C10H11BrCl2. The molecule has 0 aromatic heterocycles. The predicted molar refractivity (Wildman–Crippen MR) is 62.8 cm³/mol. The molecule has 1 aromatic rings. The van der Waals surface area contributed by atoms with Crippen LogP contribution in [0.4, 0.5) is 0 Å². The van der Waals surface area contributed by atoms with Gasteiger partial charge in [-0.25, -0.2) is 0 Å². The molecule has 0 aliphatic carbocycles. The van der Waals surface area contributed by atoms with Crippen LogP contribution >= 0.6 is 39.1 Å². The quantitative estimate of drug-likeness (QED) is 0.672. The van der Waals surface area contributed by atoms with Crippen molar-refractivity contribution < 1.29 is 0 Å². The van der Waals surface area contributed by atoms with Crippen molar-refractivity contribution in [1.29, 1.82) is 0 Å². The zero-order chi connectivity index (χ0) is 10.0. The summed E-state index contributed by atoms with van der Waals surface area (Å²) in [7, 11) is 0. The lowest BCUT2D eigenvalue weighted by Crippen LogP contribution is -1.92. The van der Waals surface area contributed by atoms with E-state index in [0.717, 1.165) is 15.1 Å². The van der Waals surface area contributed by atoms with Gasteiger partial charge in [0.2, 0.25) is 0 Å². The molecule has 1 rings (SSSR count). The van der Waals surface area contributed by atoms with Gasteiger partial charge in [-0.15, -0.1) is 11.6 Å². The fourth-order valence-corrected chi connectivity index (χ4v) is 2.26. The summed E-state index contributed by atoms with van der Waals surface area (Å²) in [4.78, 5) is 0. The van der Waals surface area contributed by atoms with Gasteiger partial charge in [0.25, 0.3) is 0 Å². The minimum Gasteiger partial charge on any atom is -0.122 e. The first-order valence-electron chi connectivity index (χ1n) is 4.10. The smallest absolute Gasteiger partial charge is 0.0554 e. The van der Waals surface area contributed by atoms with Crippen LogP contribution in [0.25, 0.3) is 0 Å². The molecule has 3 heteroatoms. The van der Waals surface area contributed by atoms with Gasteiger partial charge in [0.15, 0.2) is 0 Å². The van der Waals surface area contributed by atoms with Gasteiger partial charge in [0, 0.05) is 10.4 Å². The standard InChI is InChI=1S/C10H11BrCl2/c1-6(2)8-3-7(5-12)4-9(13)10(8)11/h3-4,6H,5H2,1-2H3. The number of hydrogen-bond donors (Lipinski definition) is 0. The van der Waals surface area contributed by atoms with Crippen LogP contribution in [0, 0.1) is 0 Å². The van der Waals surface area contributed by atoms with Crippen molar-refractivity contribution >= 4 is 39.1 Å². The molecule has 0 nitrogen and oxygen atoms in total. The summed E-state index contributed by atoms with van der Waals surface area (Å²) in [5.74, 6) is 0.960. The Morgan fingerprint density at radius 1 is 1.38 bits per heavy atom. The third-order valence-electron chi connectivity index (χ3n) is 1.89. The van der Waals surface area contributed by atoms with Crippen molar-refractivity contribution in [3.8, 4) is 0 Å². The van der Waals surface area contributed by atoms with E-state index < -0.39 is 0 Å². The van der Waals surface area contributed by atoms with Crippen LogP contribution in [-0.4, -0.2) is 0 Å². The van der Waals surface area contributed by atoms with Crippen molar-refractivity contribution in [3.63, 3.8) is 0 Å². The number of halogens is 3. The Hall–Kier alpha value is 0.280. The van der Waals surface area contributed by atoms with E-state index in [9.17, 15) is 0 Å². The van der Waals surface area contributed by atoms with Crippen LogP contribution in [0.5, 0.6) is 0 Å². The van der Waals surface area contributed by atoms with Crippen LogP contribution in [0.15, 0.2) is 16.6 Å². The second kappa shape index (κ2) is 4.68. The van der Waals surface area contributed by atoms with Gasteiger partial charge < -0.3 is 0 Å². The van der Waals surface area contributed by atoms with Gasteiger partial charge in [0.1, 0.15) is 0 Å². The molecule has 1 aromatic carbocycles.